The average Bonchev–Trinajstić information content (AvgIpc) is 3.42. The fourth-order valence-electron chi connectivity index (χ4n) is 10.4. The van der Waals surface area contributed by atoms with Crippen molar-refractivity contribution >= 4 is 11.9 Å². The van der Waals surface area contributed by atoms with Crippen molar-refractivity contribution in [2.24, 2.45) is 0 Å². The van der Waals surface area contributed by atoms with Gasteiger partial charge in [0.15, 0.2) is 0 Å². The predicted molar refractivity (Wildman–Crippen MR) is 333 cm³/mol. The molecule has 6 heteroatoms. The second-order valence-corrected chi connectivity index (χ2v) is 23.1. The lowest BCUT2D eigenvalue weighted by atomic mass is 10.0. The van der Waals surface area contributed by atoms with Crippen molar-refractivity contribution in [3.63, 3.8) is 0 Å². The van der Waals surface area contributed by atoms with E-state index in [1.807, 2.05) is 6.08 Å². The molecule has 0 bridgehead atoms. The molecule has 0 aliphatic carbocycles. The maximum absolute atomic E-state index is 12.5. The molecular formula is C70H131NO5. The predicted octanol–water partition coefficient (Wildman–Crippen LogP) is 21.7. The number of allylic oxidation sites excluding steroid dienone is 7. The highest BCUT2D eigenvalue weighted by molar-refractivity contribution is 5.76. The monoisotopic (exact) mass is 1070 g/mol. The molecular weight excluding hydrogens is 935 g/mol. The van der Waals surface area contributed by atoms with Crippen LogP contribution < -0.4 is 5.32 Å². The molecule has 0 spiro atoms. The fraction of sp³-hybridized carbons (Fsp3) is 0.857. The molecule has 446 valence electrons. The van der Waals surface area contributed by atoms with E-state index in [1.54, 1.807) is 6.08 Å². The molecule has 0 rings (SSSR count). The molecule has 3 N–H and O–H groups in total. The van der Waals surface area contributed by atoms with Gasteiger partial charge in [0, 0.05) is 12.8 Å². The number of rotatable bonds is 63. The van der Waals surface area contributed by atoms with Crippen molar-refractivity contribution in [2.45, 2.75) is 373 Å². The Balaban J connectivity index is 3.45. The lowest BCUT2D eigenvalue weighted by Crippen LogP contribution is -2.45. The largest absolute Gasteiger partial charge is 0.466 e. The summed E-state index contributed by atoms with van der Waals surface area (Å²) in [5, 5.41) is 23.2. The van der Waals surface area contributed by atoms with Gasteiger partial charge in [-0.2, -0.15) is 0 Å². The van der Waals surface area contributed by atoms with Gasteiger partial charge in [-0.05, 0) is 89.9 Å². The highest BCUT2D eigenvalue weighted by Gasteiger charge is 2.18. The van der Waals surface area contributed by atoms with Crippen LogP contribution in [0, 0.1) is 0 Å². The standard InChI is InChI=1S/C70H131NO5/c1-3-5-7-9-11-13-15-17-19-30-34-38-42-46-50-54-58-62-68(73)67(66-72)71-69(74)63-59-55-51-47-43-39-35-32-28-26-24-22-21-23-25-27-29-33-37-41-45-49-53-57-61-65-76-70(75)64-60-56-52-48-44-40-36-31-20-18-16-14-12-10-8-6-4-2/h18,20,22-25,58,62,67-68,72-73H,3-17,19,21,26-57,59-61,63-66H2,1-2H3,(H,71,74)/b20-18-,24-22-,25-23-,62-58+. The van der Waals surface area contributed by atoms with Gasteiger partial charge in [-0.15, -0.1) is 0 Å². The van der Waals surface area contributed by atoms with Crippen molar-refractivity contribution in [3.8, 4) is 0 Å². The Morgan fingerprint density at radius 3 is 1.01 bits per heavy atom. The summed E-state index contributed by atoms with van der Waals surface area (Å²) in [6.45, 7) is 4.91. The number of esters is 1. The Hall–Kier alpha value is -2.18. The van der Waals surface area contributed by atoms with Gasteiger partial charge < -0.3 is 20.3 Å². The van der Waals surface area contributed by atoms with Crippen LogP contribution in [0.1, 0.15) is 361 Å². The normalized spacial score (nSPS) is 12.8. The first-order valence-electron chi connectivity index (χ1n) is 33.9. The van der Waals surface area contributed by atoms with Crippen LogP contribution in [0.15, 0.2) is 48.6 Å². The number of carbonyl (C=O) groups excluding carboxylic acids is 2. The number of aliphatic hydroxyl groups excluding tert-OH is 2. The number of aliphatic hydroxyl groups is 2. The summed E-state index contributed by atoms with van der Waals surface area (Å²) in [5.41, 5.74) is 0. The Labute approximate surface area is 474 Å². The van der Waals surface area contributed by atoms with Crippen LogP contribution in [-0.4, -0.2) is 47.4 Å². The van der Waals surface area contributed by atoms with Crippen LogP contribution in [0.4, 0.5) is 0 Å². The summed E-state index contributed by atoms with van der Waals surface area (Å²) in [4.78, 5) is 24.6. The van der Waals surface area contributed by atoms with Gasteiger partial charge in [0.25, 0.3) is 0 Å². The summed E-state index contributed by atoms with van der Waals surface area (Å²) in [6.07, 6.45) is 84.5. The summed E-state index contributed by atoms with van der Waals surface area (Å²) in [6, 6.07) is -0.634. The average molecular weight is 1070 g/mol. The summed E-state index contributed by atoms with van der Waals surface area (Å²) in [5.74, 6) is -0.0671. The van der Waals surface area contributed by atoms with Gasteiger partial charge in [-0.3, -0.25) is 9.59 Å². The molecule has 0 aromatic carbocycles. The van der Waals surface area contributed by atoms with Crippen molar-refractivity contribution in [1.29, 1.82) is 0 Å². The van der Waals surface area contributed by atoms with Crippen LogP contribution in [-0.2, 0) is 14.3 Å². The van der Waals surface area contributed by atoms with Gasteiger partial charge in [0.2, 0.25) is 5.91 Å². The summed E-state index contributed by atoms with van der Waals surface area (Å²) >= 11 is 0. The van der Waals surface area contributed by atoms with Crippen LogP contribution >= 0.6 is 0 Å². The van der Waals surface area contributed by atoms with Crippen molar-refractivity contribution < 1.29 is 24.5 Å². The van der Waals surface area contributed by atoms with E-state index in [-0.39, 0.29) is 18.5 Å². The Morgan fingerprint density at radius 1 is 0.368 bits per heavy atom. The molecule has 0 heterocycles. The van der Waals surface area contributed by atoms with E-state index in [1.165, 1.54) is 283 Å². The zero-order valence-electron chi connectivity index (χ0n) is 51.0. The highest BCUT2D eigenvalue weighted by Crippen LogP contribution is 2.17. The zero-order chi connectivity index (χ0) is 55.0. The maximum atomic E-state index is 12.5. The van der Waals surface area contributed by atoms with E-state index in [0.717, 1.165) is 51.4 Å². The Bertz CT molecular complexity index is 1270. The van der Waals surface area contributed by atoms with Gasteiger partial charge in [0.1, 0.15) is 0 Å². The second kappa shape index (κ2) is 65.3. The summed E-state index contributed by atoms with van der Waals surface area (Å²) < 4.78 is 5.49. The third-order valence-corrected chi connectivity index (χ3v) is 15.6. The molecule has 2 atom stereocenters. The van der Waals surface area contributed by atoms with Crippen LogP contribution in [0.5, 0.6) is 0 Å². The van der Waals surface area contributed by atoms with E-state index in [9.17, 15) is 19.8 Å². The minimum atomic E-state index is -0.850. The maximum Gasteiger partial charge on any atom is 0.305 e. The van der Waals surface area contributed by atoms with E-state index in [4.69, 9.17) is 4.74 Å². The molecule has 0 aromatic heterocycles. The van der Waals surface area contributed by atoms with Gasteiger partial charge in [-0.25, -0.2) is 0 Å². The molecule has 0 radical (unpaired) electrons. The topological polar surface area (TPSA) is 95.9 Å². The molecule has 0 aromatic rings. The van der Waals surface area contributed by atoms with E-state index < -0.39 is 12.1 Å². The minimum absolute atomic E-state index is 0.00528. The van der Waals surface area contributed by atoms with Crippen LogP contribution in [0.3, 0.4) is 0 Å². The van der Waals surface area contributed by atoms with Crippen LogP contribution in [0.25, 0.3) is 0 Å². The van der Waals surface area contributed by atoms with Crippen molar-refractivity contribution in [3.05, 3.63) is 48.6 Å². The van der Waals surface area contributed by atoms with E-state index in [0.29, 0.717) is 19.4 Å². The fourth-order valence-corrected chi connectivity index (χ4v) is 10.4. The second-order valence-electron chi connectivity index (χ2n) is 23.1. The lowest BCUT2D eigenvalue weighted by Gasteiger charge is -2.20. The first-order valence-corrected chi connectivity index (χ1v) is 33.9. The molecule has 0 aliphatic rings. The minimum Gasteiger partial charge on any atom is -0.466 e. The lowest BCUT2D eigenvalue weighted by molar-refractivity contribution is -0.143. The number of nitrogens with one attached hydrogen (secondary N) is 1. The molecule has 76 heavy (non-hydrogen) atoms. The molecule has 6 nitrogen and oxygen atoms in total. The molecule has 0 saturated heterocycles. The first-order chi connectivity index (χ1) is 37.5. The third-order valence-electron chi connectivity index (χ3n) is 15.6. The molecule has 0 aliphatic heterocycles. The number of amides is 1. The van der Waals surface area contributed by atoms with Gasteiger partial charge >= 0.3 is 5.97 Å². The highest BCUT2D eigenvalue weighted by atomic mass is 16.5. The Kier molecular flexibility index (Phi) is 63.5. The number of carbonyl (C=O) groups is 2. The number of hydrogen-bond acceptors (Lipinski definition) is 5. The quantitative estimate of drug-likeness (QED) is 0.0320. The number of hydrogen-bond donors (Lipinski definition) is 3. The Morgan fingerprint density at radius 2 is 0.658 bits per heavy atom. The molecule has 0 fully saturated rings. The molecule has 2 unspecified atom stereocenters. The first kappa shape index (κ1) is 73.8. The van der Waals surface area contributed by atoms with Gasteiger partial charge in [0.05, 0.1) is 25.4 Å². The summed E-state index contributed by atoms with van der Waals surface area (Å²) in [7, 11) is 0. The SMILES string of the molecule is CCCCCCCC/C=C\CCCCCCCCCC(=O)OCCCCCCCCCCC/C=C\C/C=C\CCCCCCCCCCCC(=O)NC(CO)C(O)/C=C/CCCCCCCCCCCCCCCCC. The van der Waals surface area contributed by atoms with Crippen LogP contribution in [0.2, 0.25) is 0 Å². The van der Waals surface area contributed by atoms with Crippen molar-refractivity contribution in [1.82, 2.24) is 5.32 Å². The van der Waals surface area contributed by atoms with Gasteiger partial charge in [-0.1, -0.05) is 306 Å². The van der Waals surface area contributed by atoms with E-state index >= 15 is 0 Å². The smallest absolute Gasteiger partial charge is 0.305 e. The van der Waals surface area contributed by atoms with Crippen molar-refractivity contribution in [2.75, 3.05) is 13.2 Å². The third kappa shape index (κ3) is 61.0. The number of unbranched alkanes of at least 4 members (excludes halogenated alkanes) is 46. The zero-order valence-corrected chi connectivity index (χ0v) is 51.0. The van der Waals surface area contributed by atoms with E-state index in [2.05, 4.69) is 55.6 Å². The number of ether oxygens (including phenoxy) is 1. The molecule has 0 saturated carbocycles. The molecule has 1 amide bonds.